The van der Waals surface area contributed by atoms with E-state index in [1.54, 1.807) is 12.1 Å². The summed E-state index contributed by atoms with van der Waals surface area (Å²) in [5, 5.41) is 3.28. The van der Waals surface area contributed by atoms with Crippen molar-refractivity contribution in [3.8, 4) is 0 Å². The van der Waals surface area contributed by atoms with Gasteiger partial charge in [0, 0.05) is 0 Å². The smallest absolute Gasteiger partial charge is 0.123 e. The van der Waals surface area contributed by atoms with Crippen molar-refractivity contribution in [3.05, 3.63) is 35.6 Å². The second kappa shape index (κ2) is 6.55. The van der Waals surface area contributed by atoms with Crippen molar-refractivity contribution in [2.75, 3.05) is 13.1 Å². The highest BCUT2D eigenvalue weighted by Gasteiger charge is 1.93. The Morgan fingerprint density at radius 3 is 1.86 bits per heavy atom. The van der Waals surface area contributed by atoms with Gasteiger partial charge in [-0.15, -0.1) is 0 Å². The quantitative estimate of drug-likeness (QED) is 0.671. The maximum absolute atomic E-state index is 12.1. The van der Waals surface area contributed by atoms with Crippen LogP contribution in [0.2, 0.25) is 0 Å². The number of hydrogen-bond acceptors (Lipinski definition) is 1. The monoisotopic (exact) mass is 195 g/mol. The van der Waals surface area contributed by atoms with E-state index in [0.29, 0.717) is 0 Å². The molecule has 1 aromatic rings. The molecule has 0 saturated carbocycles. The summed E-state index contributed by atoms with van der Waals surface area (Å²) in [7, 11) is 0. The van der Waals surface area contributed by atoms with E-state index in [9.17, 15) is 4.39 Å². The third-order valence-electron chi connectivity index (χ3n) is 2.22. The lowest BCUT2D eigenvalue weighted by Gasteiger charge is -2.08. The van der Waals surface area contributed by atoms with E-state index in [4.69, 9.17) is 0 Å². The number of piperidine rings is 1. The van der Waals surface area contributed by atoms with Crippen molar-refractivity contribution in [1.82, 2.24) is 5.32 Å². The number of halogens is 1. The maximum atomic E-state index is 12.1. The van der Waals surface area contributed by atoms with Gasteiger partial charge in [-0.1, -0.05) is 24.1 Å². The number of benzene rings is 1. The second-order valence-corrected chi connectivity index (χ2v) is 3.61. The summed E-state index contributed by atoms with van der Waals surface area (Å²) in [6.07, 6.45) is 4.22. The van der Waals surface area contributed by atoms with Crippen LogP contribution in [0.3, 0.4) is 0 Å². The molecule has 0 spiro atoms. The van der Waals surface area contributed by atoms with Gasteiger partial charge in [0.15, 0.2) is 0 Å². The number of nitrogens with one attached hydrogen (secondary N) is 1. The molecule has 0 radical (unpaired) electrons. The predicted octanol–water partition coefficient (Wildman–Crippen LogP) is 2.89. The standard InChI is InChI=1S/C7H7F.C5H11N/c1-6-2-4-7(8)5-3-6;1-2-4-6-5-3-1/h2-5H,1H3;6H,1-5H2. The minimum absolute atomic E-state index is 0.171. The fraction of sp³-hybridized carbons (Fsp3) is 0.500. The Balaban J connectivity index is 0.000000146. The van der Waals surface area contributed by atoms with E-state index in [0.717, 1.165) is 5.56 Å². The summed E-state index contributed by atoms with van der Waals surface area (Å²) in [6.45, 7) is 4.43. The average molecular weight is 195 g/mol. The summed E-state index contributed by atoms with van der Waals surface area (Å²) in [5.41, 5.74) is 1.09. The Morgan fingerprint density at radius 2 is 1.57 bits per heavy atom. The first-order valence-corrected chi connectivity index (χ1v) is 5.22. The first-order chi connectivity index (χ1) is 6.79. The van der Waals surface area contributed by atoms with Crippen LogP contribution >= 0.6 is 0 Å². The lowest BCUT2D eigenvalue weighted by molar-refractivity contribution is 0.520. The molecule has 1 fully saturated rings. The van der Waals surface area contributed by atoms with Crippen LogP contribution in [-0.4, -0.2) is 13.1 Å². The van der Waals surface area contributed by atoms with Gasteiger partial charge in [0.25, 0.3) is 0 Å². The van der Waals surface area contributed by atoms with Crippen LogP contribution in [0.15, 0.2) is 24.3 Å². The van der Waals surface area contributed by atoms with Gasteiger partial charge in [-0.2, -0.15) is 0 Å². The van der Waals surface area contributed by atoms with Crippen LogP contribution < -0.4 is 5.32 Å². The fourth-order valence-electron chi connectivity index (χ4n) is 1.33. The van der Waals surface area contributed by atoms with Gasteiger partial charge in [0.1, 0.15) is 5.82 Å². The summed E-state index contributed by atoms with van der Waals surface area (Å²) < 4.78 is 12.1. The van der Waals surface area contributed by atoms with E-state index in [1.165, 1.54) is 44.5 Å². The van der Waals surface area contributed by atoms with Crippen LogP contribution in [0.4, 0.5) is 4.39 Å². The molecule has 2 heteroatoms. The molecule has 1 aliphatic heterocycles. The molecule has 1 aliphatic rings. The molecule has 1 heterocycles. The molecule has 1 aromatic carbocycles. The highest BCUT2D eigenvalue weighted by atomic mass is 19.1. The second-order valence-electron chi connectivity index (χ2n) is 3.61. The van der Waals surface area contributed by atoms with Gasteiger partial charge in [-0.25, -0.2) is 4.39 Å². The van der Waals surface area contributed by atoms with E-state index < -0.39 is 0 Å². The van der Waals surface area contributed by atoms with Crippen LogP contribution in [0.5, 0.6) is 0 Å². The lowest BCUT2D eigenvalue weighted by atomic mass is 10.2. The molecule has 1 nitrogen and oxygen atoms in total. The molecular weight excluding hydrogens is 177 g/mol. The van der Waals surface area contributed by atoms with E-state index in [1.807, 2.05) is 6.92 Å². The number of aryl methyl sites for hydroxylation is 1. The Hall–Kier alpha value is -0.890. The molecule has 1 saturated heterocycles. The van der Waals surface area contributed by atoms with Crippen LogP contribution in [0.1, 0.15) is 24.8 Å². The van der Waals surface area contributed by atoms with Crippen molar-refractivity contribution < 1.29 is 4.39 Å². The Bertz CT molecular complexity index is 206. The third kappa shape index (κ3) is 4.97. The van der Waals surface area contributed by atoms with Crippen LogP contribution in [0.25, 0.3) is 0 Å². The average Bonchev–Trinajstić information content (AvgIpc) is 2.26. The van der Waals surface area contributed by atoms with Gasteiger partial charge < -0.3 is 5.32 Å². The first-order valence-electron chi connectivity index (χ1n) is 5.22. The fourth-order valence-corrected chi connectivity index (χ4v) is 1.33. The Morgan fingerprint density at radius 1 is 1.00 bits per heavy atom. The third-order valence-corrected chi connectivity index (χ3v) is 2.22. The molecule has 78 valence electrons. The minimum Gasteiger partial charge on any atom is -0.317 e. The summed E-state index contributed by atoms with van der Waals surface area (Å²) in [4.78, 5) is 0. The van der Waals surface area contributed by atoms with E-state index in [-0.39, 0.29) is 5.82 Å². The zero-order valence-corrected chi connectivity index (χ0v) is 8.72. The predicted molar refractivity (Wildman–Crippen MR) is 57.9 cm³/mol. The van der Waals surface area contributed by atoms with E-state index in [2.05, 4.69) is 5.32 Å². The zero-order valence-electron chi connectivity index (χ0n) is 8.72. The normalized spacial score (nSPS) is 15.6. The molecule has 0 bridgehead atoms. The molecule has 0 unspecified atom stereocenters. The van der Waals surface area contributed by atoms with Crippen molar-refractivity contribution >= 4 is 0 Å². The van der Waals surface area contributed by atoms with Crippen molar-refractivity contribution in [1.29, 1.82) is 0 Å². The van der Waals surface area contributed by atoms with Gasteiger partial charge in [0.05, 0.1) is 0 Å². The van der Waals surface area contributed by atoms with Crippen molar-refractivity contribution in [2.45, 2.75) is 26.2 Å². The van der Waals surface area contributed by atoms with Gasteiger partial charge >= 0.3 is 0 Å². The molecule has 0 aliphatic carbocycles. The Kier molecular flexibility index (Phi) is 5.23. The molecule has 0 atom stereocenters. The van der Waals surface area contributed by atoms with E-state index >= 15 is 0 Å². The summed E-state index contributed by atoms with van der Waals surface area (Å²) in [5.74, 6) is -0.171. The topological polar surface area (TPSA) is 12.0 Å². The zero-order chi connectivity index (χ0) is 10.2. The molecule has 2 rings (SSSR count). The number of hydrogen-bond donors (Lipinski definition) is 1. The largest absolute Gasteiger partial charge is 0.317 e. The maximum Gasteiger partial charge on any atom is 0.123 e. The SMILES string of the molecule is C1CCNCC1.Cc1ccc(F)cc1. The highest BCUT2D eigenvalue weighted by Crippen LogP contribution is 1.99. The van der Waals surface area contributed by atoms with Crippen LogP contribution in [0, 0.1) is 12.7 Å². The lowest BCUT2D eigenvalue weighted by Crippen LogP contribution is -2.21. The minimum atomic E-state index is -0.171. The van der Waals surface area contributed by atoms with Gasteiger partial charge in [-0.3, -0.25) is 0 Å². The molecular formula is C12H18FN. The molecule has 1 N–H and O–H groups in total. The summed E-state index contributed by atoms with van der Waals surface area (Å²) in [6, 6.07) is 6.40. The van der Waals surface area contributed by atoms with Crippen molar-refractivity contribution in [3.63, 3.8) is 0 Å². The Labute approximate surface area is 85.3 Å². The van der Waals surface area contributed by atoms with Crippen LogP contribution in [-0.2, 0) is 0 Å². The van der Waals surface area contributed by atoms with Gasteiger partial charge in [-0.05, 0) is 45.0 Å². The highest BCUT2D eigenvalue weighted by molar-refractivity contribution is 5.13. The molecule has 0 aromatic heterocycles. The van der Waals surface area contributed by atoms with Gasteiger partial charge in [0.2, 0.25) is 0 Å². The number of rotatable bonds is 0. The first kappa shape index (κ1) is 11.2. The molecule has 0 amide bonds. The summed E-state index contributed by atoms with van der Waals surface area (Å²) >= 11 is 0. The molecule has 14 heavy (non-hydrogen) atoms. The van der Waals surface area contributed by atoms with Crippen molar-refractivity contribution in [2.24, 2.45) is 0 Å².